The molecule has 0 aromatic carbocycles. The summed E-state index contributed by atoms with van der Waals surface area (Å²) in [5.41, 5.74) is 1.14. The van der Waals surface area contributed by atoms with E-state index in [4.69, 9.17) is 0 Å². The predicted molar refractivity (Wildman–Crippen MR) is 96.7 cm³/mol. The van der Waals surface area contributed by atoms with Gasteiger partial charge in [-0.05, 0) is 75.0 Å². The Morgan fingerprint density at radius 3 is 2.08 bits per heavy atom. The second-order valence-corrected chi connectivity index (χ2v) is 9.41. The van der Waals surface area contributed by atoms with Crippen LogP contribution >= 0.6 is 0 Å². The smallest absolute Gasteiger partial charge is 0.157 e. The Morgan fingerprint density at radius 1 is 0.800 bits per heavy atom. The number of halogens is 2. The lowest BCUT2D eigenvalue weighted by Gasteiger charge is -2.38. The topological polar surface area (TPSA) is 20.2 Å². The van der Waals surface area contributed by atoms with E-state index in [1.807, 2.05) is 0 Å². The van der Waals surface area contributed by atoms with Crippen molar-refractivity contribution < 1.29 is 13.9 Å². The summed E-state index contributed by atoms with van der Waals surface area (Å²) in [5.74, 6) is 3.38. The molecule has 0 radical (unpaired) electrons. The number of aliphatic hydroxyl groups excluding tert-OH is 1. The fourth-order valence-electron chi connectivity index (χ4n) is 5.85. The molecule has 0 spiro atoms. The van der Waals surface area contributed by atoms with E-state index in [0.29, 0.717) is 12.8 Å². The Bertz CT molecular complexity index is 478. The molecule has 0 aromatic rings. The zero-order chi connectivity index (χ0) is 17.4. The Kier molecular flexibility index (Phi) is 5.50. The monoisotopic (exact) mass is 352 g/mol. The van der Waals surface area contributed by atoms with Crippen molar-refractivity contribution in [2.45, 2.75) is 95.5 Å². The van der Waals surface area contributed by atoms with E-state index in [2.05, 4.69) is 6.08 Å². The molecular weight excluding hydrogens is 318 g/mol. The van der Waals surface area contributed by atoms with Gasteiger partial charge >= 0.3 is 0 Å². The van der Waals surface area contributed by atoms with Gasteiger partial charge in [0.1, 0.15) is 6.17 Å². The lowest BCUT2D eigenvalue weighted by molar-refractivity contribution is -0.0272. The Labute approximate surface area is 151 Å². The van der Waals surface area contributed by atoms with Crippen LogP contribution in [0.3, 0.4) is 0 Å². The molecular formula is C22H34F2O. The molecule has 3 saturated carbocycles. The molecule has 4 aliphatic carbocycles. The van der Waals surface area contributed by atoms with Crippen molar-refractivity contribution in [3.8, 4) is 0 Å². The molecule has 4 aliphatic rings. The summed E-state index contributed by atoms with van der Waals surface area (Å²) in [6.45, 7) is 0. The van der Waals surface area contributed by atoms with Gasteiger partial charge in [-0.1, -0.05) is 37.3 Å². The number of allylic oxidation sites excluding steroid dienone is 2. The van der Waals surface area contributed by atoms with Gasteiger partial charge in [-0.15, -0.1) is 0 Å². The van der Waals surface area contributed by atoms with Crippen LogP contribution in [0.4, 0.5) is 8.78 Å². The van der Waals surface area contributed by atoms with E-state index in [1.165, 1.54) is 44.9 Å². The molecule has 0 bridgehead atoms. The Balaban J connectivity index is 1.27. The molecule has 0 saturated heterocycles. The van der Waals surface area contributed by atoms with E-state index < -0.39 is 18.4 Å². The SMILES string of the molecule is OC1CCC(C2=CCC(C3CCC(CC4CC4)CC3)CC2)C(F)C1F. The average Bonchev–Trinajstić information content (AvgIpc) is 3.45. The van der Waals surface area contributed by atoms with Gasteiger partial charge in [0, 0.05) is 5.92 Å². The third kappa shape index (κ3) is 4.12. The summed E-state index contributed by atoms with van der Waals surface area (Å²) in [4.78, 5) is 0. The summed E-state index contributed by atoms with van der Waals surface area (Å²) < 4.78 is 28.1. The van der Waals surface area contributed by atoms with Gasteiger partial charge in [0.25, 0.3) is 0 Å². The normalized spacial score (nSPS) is 45.9. The fourth-order valence-corrected chi connectivity index (χ4v) is 5.85. The van der Waals surface area contributed by atoms with E-state index in [0.717, 1.165) is 48.5 Å². The van der Waals surface area contributed by atoms with Gasteiger partial charge < -0.3 is 5.11 Å². The number of hydrogen-bond donors (Lipinski definition) is 1. The van der Waals surface area contributed by atoms with Crippen molar-refractivity contribution in [1.82, 2.24) is 0 Å². The zero-order valence-electron chi connectivity index (χ0n) is 15.4. The largest absolute Gasteiger partial charge is 0.390 e. The van der Waals surface area contributed by atoms with Crippen LogP contribution in [0.25, 0.3) is 0 Å². The van der Waals surface area contributed by atoms with Crippen LogP contribution < -0.4 is 0 Å². The second kappa shape index (κ2) is 7.66. The van der Waals surface area contributed by atoms with Crippen molar-refractivity contribution in [3.05, 3.63) is 11.6 Å². The highest BCUT2D eigenvalue weighted by molar-refractivity contribution is 5.15. The molecule has 3 heteroatoms. The quantitative estimate of drug-likeness (QED) is 0.637. The van der Waals surface area contributed by atoms with Crippen LogP contribution in [0.2, 0.25) is 0 Å². The molecule has 25 heavy (non-hydrogen) atoms. The minimum absolute atomic E-state index is 0.284. The van der Waals surface area contributed by atoms with Gasteiger partial charge in [-0.3, -0.25) is 0 Å². The highest BCUT2D eigenvalue weighted by Gasteiger charge is 2.41. The first-order valence-corrected chi connectivity index (χ1v) is 10.8. The summed E-state index contributed by atoms with van der Waals surface area (Å²) in [5, 5.41) is 9.52. The zero-order valence-corrected chi connectivity index (χ0v) is 15.4. The van der Waals surface area contributed by atoms with Crippen molar-refractivity contribution in [2.75, 3.05) is 0 Å². The van der Waals surface area contributed by atoms with Crippen molar-refractivity contribution in [1.29, 1.82) is 0 Å². The van der Waals surface area contributed by atoms with Crippen LogP contribution in [0.15, 0.2) is 11.6 Å². The fraction of sp³-hybridized carbons (Fsp3) is 0.909. The highest BCUT2D eigenvalue weighted by Crippen LogP contribution is 2.46. The molecule has 3 fully saturated rings. The third-order valence-electron chi connectivity index (χ3n) is 7.71. The van der Waals surface area contributed by atoms with Gasteiger partial charge in [-0.25, -0.2) is 8.78 Å². The maximum absolute atomic E-state index is 14.3. The van der Waals surface area contributed by atoms with E-state index in [9.17, 15) is 13.9 Å². The third-order valence-corrected chi connectivity index (χ3v) is 7.71. The maximum Gasteiger partial charge on any atom is 0.157 e. The number of alkyl halides is 2. The van der Waals surface area contributed by atoms with E-state index in [1.54, 1.807) is 0 Å². The predicted octanol–water partition coefficient (Wildman–Crippen LogP) is 5.77. The molecule has 1 N–H and O–H groups in total. The molecule has 0 aliphatic heterocycles. The number of aliphatic hydroxyl groups is 1. The molecule has 142 valence electrons. The minimum Gasteiger partial charge on any atom is -0.390 e. The summed E-state index contributed by atoms with van der Waals surface area (Å²) >= 11 is 0. The number of hydrogen-bond acceptors (Lipinski definition) is 1. The van der Waals surface area contributed by atoms with Crippen LogP contribution in [0.5, 0.6) is 0 Å². The molecule has 0 aromatic heterocycles. The van der Waals surface area contributed by atoms with Crippen LogP contribution in [0, 0.1) is 29.6 Å². The Hall–Kier alpha value is -0.440. The van der Waals surface area contributed by atoms with Crippen LogP contribution in [-0.2, 0) is 0 Å². The summed E-state index contributed by atoms with van der Waals surface area (Å²) in [7, 11) is 0. The van der Waals surface area contributed by atoms with Crippen LogP contribution in [-0.4, -0.2) is 23.6 Å². The van der Waals surface area contributed by atoms with E-state index in [-0.39, 0.29) is 5.92 Å². The first kappa shape index (κ1) is 17.9. The summed E-state index contributed by atoms with van der Waals surface area (Å²) in [6, 6.07) is 0. The van der Waals surface area contributed by atoms with Crippen LogP contribution in [0.1, 0.15) is 77.0 Å². The lowest BCUT2D eigenvalue weighted by atomic mass is 9.68. The molecule has 1 nitrogen and oxygen atoms in total. The molecule has 0 amide bonds. The second-order valence-electron chi connectivity index (χ2n) is 9.41. The molecule has 5 atom stereocenters. The lowest BCUT2D eigenvalue weighted by Crippen LogP contribution is -2.42. The first-order valence-electron chi connectivity index (χ1n) is 10.8. The molecule has 5 unspecified atom stereocenters. The summed E-state index contributed by atoms with van der Waals surface area (Å²) in [6.07, 6.45) is 12.2. The van der Waals surface area contributed by atoms with Crippen molar-refractivity contribution in [2.24, 2.45) is 29.6 Å². The van der Waals surface area contributed by atoms with Gasteiger partial charge in [0.05, 0.1) is 6.10 Å². The standard InChI is InChI=1S/C22H34F2O/c23-21-19(11-12-20(25)22(21)24)18-9-7-17(8-10-18)16-5-3-15(4-6-16)13-14-1-2-14/h9,14-17,19-22,25H,1-8,10-13H2. The average molecular weight is 353 g/mol. The van der Waals surface area contributed by atoms with E-state index >= 15 is 0 Å². The maximum atomic E-state index is 14.3. The first-order chi connectivity index (χ1) is 12.1. The van der Waals surface area contributed by atoms with Gasteiger partial charge in [-0.2, -0.15) is 0 Å². The van der Waals surface area contributed by atoms with Gasteiger partial charge in [0.15, 0.2) is 6.17 Å². The van der Waals surface area contributed by atoms with Gasteiger partial charge in [0.2, 0.25) is 0 Å². The minimum atomic E-state index is -1.70. The molecule has 0 heterocycles. The Morgan fingerprint density at radius 2 is 1.48 bits per heavy atom. The molecule has 4 rings (SSSR count). The van der Waals surface area contributed by atoms with Crippen molar-refractivity contribution >= 4 is 0 Å². The highest BCUT2D eigenvalue weighted by atomic mass is 19.2. The van der Waals surface area contributed by atoms with Crippen molar-refractivity contribution in [3.63, 3.8) is 0 Å². The number of rotatable bonds is 4.